The van der Waals surface area contributed by atoms with E-state index in [-0.39, 0.29) is 12.4 Å². The number of piperidine rings is 1. The van der Waals surface area contributed by atoms with Gasteiger partial charge in [0.05, 0.1) is 5.69 Å². The van der Waals surface area contributed by atoms with E-state index in [0.717, 1.165) is 18.5 Å². The maximum absolute atomic E-state index is 4.73. The van der Waals surface area contributed by atoms with Crippen LogP contribution in [0.25, 0.3) is 22.9 Å². The summed E-state index contributed by atoms with van der Waals surface area (Å²) < 4.78 is 0. The number of hydrogen-bond acceptors (Lipinski definition) is 2. The van der Waals surface area contributed by atoms with Gasteiger partial charge in [-0.05, 0) is 59.7 Å². The van der Waals surface area contributed by atoms with Gasteiger partial charge in [0.25, 0.3) is 0 Å². The van der Waals surface area contributed by atoms with Crippen molar-refractivity contribution in [1.82, 2.24) is 4.98 Å². The monoisotopic (exact) mass is 392 g/mol. The van der Waals surface area contributed by atoms with Crippen LogP contribution in [-0.4, -0.2) is 18.1 Å². The molecule has 0 N–H and O–H groups in total. The summed E-state index contributed by atoms with van der Waals surface area (Å²) in [5.74, 6) is 0. The highest BCUT2D eigenvalue weighted by Gasteiger charge is 2.15. The molecule has 4 rings (SSSR count). The summed E-state index contributed by atoms with van der Waals surface area (Å²) in [6, 6.07) is 17.3. The second-order valence-corrected chi connectivity index (χ2v) is 7.44. The molecular formula is C25H29ClN2. The van der Waals surface area contributed by atoms with Crippen LogP contribution in [0.3, 0.4) is 0 Å². The summed E-state index contributed by atoms with van der Waals surface area (Å²) in [4.78, 5) is 7.30. The predicted octanol–water partition coefficient (Wildman–Crippen LogP) is 6.77. The van der Waals surface area contributed by atoms with Crippen molar-refractivity contribution in [3.05, 3.63) is 71.5 Å². The molecule has 0 spiro atoms. The quantitative estimate of drug-likeness (QED) is 0.476. The Morgan fingerprint density at radius 2 is 1.75 bits per heavy atom. The summed E-state index contributed by atoms with van der Waals surface area (Å²) in [7, 11) is 0. The van der Waals surface area contributed by atoms with Crippen molar-refractivity contribution in [2.24, 2.45) is 0 Å². The molecule has 1 aliphatic heterocycles. The van der Waals surface area contributed by atoms with E-state index in [2.05, 4.69) is 78.7 Å². The summed E-state index contributed by atoms with van der Waals surface area (Å²) in [6.45, 7) is 4.59. The number of halogens is 1. The first-order chi connectivity index (χ1) is 13.3. The van der Waals surface area contributed by atoms with Gasteiger partial charge in [0.15, 0.2) is 0 Å². The van der Waals surface area contributed by atoms with Gasteiger partial charge in [-0.25, -0.2) is 0 Å². The Kier molecular flexibility index (Phi) is 7.11. The van der Waals surface area contributed by atoms with Gasteiger partial charge in [0.1, 0.15) is 0 Å². The summed E-state index contributed by atoms with van der Waals surface area (Å²) >= 11 is 0. The molecule has 0 unspecified atom stereocenters. The van der Waals surface area contributed by atoms with Gasteiger partial charge in [0.2, 0.25) is 0 Å². The number of fused-ring (bicyclic) bond motifs is 1. The minimum absolute atomic E-state index is 0. The zero-order valence-corrected chi connectivity index (χ0v) is 17.4. The topological polar surface area (TPSA) is 16.1 Å². The Morgan fingerprint density at radius 1 is 0.964 bits per heavy atom. The SMILES string of the molecule is CCCc1cnc(C=Cc2cccc3ccccc23)cc1N1CCCCC1.Cl. The summed E-state index contributed by atoms with van der Waals surface area (Å²) in [5, 5.41) is 2.56. The fraction of sp³-hybridized carbons (Fsp3) is 0.320. The molecule has 1 aliphatic rings. The van der Waals surface area contributed by atoms with Crippen molar-refractivity contribution in [2.45, 2.75) is 39.0 Å². The predicted molar refractivity (Wildman–Crippen MR) is 124 cm³/mol. The van der Waals surface area contributed by atoms with Crippen LogP contribution in [0, 0.1) is 0 Å². The van der Waals surface area contributed by atoms with Crippen LogP contribution in [0.5, 0.6) is 0 Å². The smallest absolute Gasteiger partial charge is 0.0650 e. The number of aromatic nitrogens is 1. The van der Waals surface area contributed by atoms with Crippen molar-refractivity contribution >= 4 is 41.0 Å². The second kappa shape index (κ2) is 9.75. The third-order valence-electron chi connectivity index (χ3n) is 5.46. The maximum atomic E-state index is 4.73. The van der Waals surface area contributed by atoms with E-state index >= 15 is 0 Å². The molecule has 2 nitrogen and oxygen atoms in total. The number of nitrogens with zero attached hydrogens (tertiary/aromatic N) is 2. The zero-order chi connectivity index (χ0) is 18.5. The Bertz CT molecular complexity index is 937. The van der Waals surface area contributed by atoms with Crippen molar-refractivity contribution < 1.29 is 0 Å². The summed E-state index contributed by atoms with van der Waals surface area (Å²) in [6.07, 6.45) is 12.7. The largest absolute Gasteiger partial charge is 0.371 e. The molecule has 1 saturated heterocycles. The first kappa shape index (κ1) is 20.4. The normalized spacial score (nSPS) is 14.4. The van der Waals surface area contributed by atoms with Gasteiger partial charge in [-0.1, -0.05) is 61.9 Å². The van der Waals surface area contributed by atoms with E-state index in [4.69, 9.17) is 4.98 Å². The van der Waals surface area contributed by atoms with Crippen LogP contribution in [-0.2, 0) is 6.42 Å². The number of benzene rings is 2. The van der Waals surface area contributed by atoms with Crippen molar-refractivity contribution in [3.63, 3.8) is 0 Å². The minimum Gasteiger partial charge on any atom is -0.371 e. The van der Waals surface area contributed by atoms with Crippen LogP contribution in [0.1, 0.15) is 49.4 Å². The van der Waals surface area contributed by atoms with Gasteiger partial charge in [-0.15, -0.1) is 12.4 Å². The lowest BCUT2D eigenvalue weighted by Gasteiger charge is -2.30. The van der Waals surface area contributed by atoms with Crippen molar-refractivity contribution in [1.29, 1.82) is 0 Å². The molecule has 1 aromatic heterocycles. The minimum atomic E-state index is 0. The number of hydrogen-bond donors (Lipinski definition) is 0. The molecule has 2 heterocycles. The highest BCUT2D eigenvalue weighted by atomic mass is 35.5. The molecule has 3 heteroatoms. The van der Waals surface area contributed by atoms with E-state index in [0.29, 0.717) is 0 Å². The second-order valence-electron chi connectivity index (χ2n) is 7.44. The lowest BCUT2D eigenvalue weighted by atomic mass is 10.0. The number of aryl methyl sites for hydroxylation is 1. The van der Waals surface area contributed by atoms with Crippen LogP contribution >= 0.6 is 12.4 Å². The Labute approximate surface area is 174 Å². The van der Waals surface area contributed by atoms with Crippen LogP contribution in [0.4, 0.5) is 5.69 Å². The van der Waals surface area contributed by atoms with Crippen LogP contribution < -0.4 is 4.90 Å². The lowest BCUT2D eigenvalue weighted by Crippen LogP contribution is -2.30. The van der Waals surface area contributed by atoms with Gasteiger partial charge in [0, 0.05) is 25.0 Å². The first-order valence-corrected chi connectivity index (χ1v) is 10.2. The van der Waals surface area contributed by atoms with E-state index < -0.39 is 0 Å². The Morgan fingerprint density at radius 3 is 2.57 bits per heavy atom. The molecule has 0 radical (unpaired) electrons. The summed E-state index contributed by atoms with van der Waals surface area (Å²) in [5.41, 5.74) is 5.07. The molecule has 0 atom stereocenters. The average Bonchev–Trinajstić information content (AvgIpc) is 2.74. The molecule has 3 aromatic rings. The van der Waals surface area contributed by atoms with E-state index in [9.17, 15) is 0 Å². The molecule has 0 bridgehead atoms. The zero-order valence-electron chi connectivity index (χ0n) is 16.6. The first-order valence-electron chi connectivity index (χ1n) is 10.2. The number of pyridine rings is 1. The van der Waals surface area contributed by atoms with E-state index in [1.54, 1.807) is 0 Å². The van der Waals surface area contributed by atoms with Crippen molar-refractivity contribution in [2.75, 3.05) is 18.0 Å². The molecule has 0 saturated carbocycles. The van der Waals surface area contributed by atoms with Crippen LogP contribution in [0.15, 0.2) is 54.7 Å². The number of rotatable bonds is 5. The molecular weight excluding hydrogens is 364 g/mol. The average molecular weight is 393 g/mol. The molecule has 1 fully saturated rings. The molecule has 146 valence electrons. The highest BCUT2D eigenvalue weighted by Crippen LogP contribution is 2.27. The van der Waals surface area contributed by atoms with Gasteiger partial charge < -0.3 is 4.90 Å². The fourth-order valence-electron chi connectivity index (χ4n) is 4.04. The third kappa shape index (κ3) is 4.56. The lowest BCUT2D eigenvalue weighted by molar-refractivity contribution is 0.576. The van der Waals surface area contributed by atoms with Gasteiger partial charge in [-0.3, -0.25) is 4.98 Å². The fourth-order valence-corrected chi connectivity index (χ4v) is 4.04. The molecule has 28 heavy (non-hydrogen) atoms. The standard InChI is InChI=1S/C25H28N2.ClH/c1-2-9-22-19-26-23(18-25(22)27-16-6-3-7-17-27)15-14-21-12-8-11-20-10-4-5-13-24(20)21;/h4-5,8,10-15,18-19H,2-3,6-7,9,16-17H2,1H3;1H. The Hall–Kier alpha value is -2.32. The maximum Gasteiger partial charge on any atom is 0.0650 e. The van der Waals surface area contributed by atoms with E-state index in [1.165, 1.54) is 59.9 Å². The molecule has 0 amide bonds. The molecule has 0 aliphatic carbocycles. The highest BCUT2D eigenvalue weighted by molar-refractivity contribution is 5.92. The van der Waals surface area contributed by atoms with Crippen LogP contribution in [0.2, 0.25) is 0 Å². The van der Waals surface area contributed by atoms with Gasteiger partial charge >= 0.3 is 0 Å². The van der Waals surface area contributed by atoms with E-state index in [1.807, 2.05) is 0 Å². The third-order valence-corrected chi connectivity index (χ3v) is 5.46. The molecule has 2 aromatic carbocycles. The Balaban J connectivity index is 0.00000225. The van der Waals surface area contributed by atoms with Gasteiger partial charge in [-0.2, -0.15) is 0 Å². The number of anilines is 1. The van der Waals surface area contributed by atoms with Crippen molar-refractivity contribution in [3.8, 4) is 0 Å².